The van der Waals surface area contributed by atoms with E-state index in [1.54, 1.807) is 23.9 Å². The van der Waals surface area contributed by atoms with Crippen molar-refractivity contribution < 1.29 is 28.8 Å². The Bertz CT molecular complexity index is 1650. The van der Waals surface area contributed by atoms with Gasteiger partial charge < -0.3 is 20.3 Å². The maximum Gasteiger partial charge on any atom is 0.328 e. The van der Waals surface area contributed by atoms with Crippen LogP contribution in [-0.2, 0) is 37.0 Å². The molecule has 4 atom stereocenters. The lowest BCUT2D eigenvalue weighted by atomic mass is 9.97. The van der Waals surface area contributed by atoms with Crippen LogP contribution in [0.3, 0.4) is 0 Å². The molecule has 0 bridgehead atoms. The van der Waals surface area contributed by atoms with Gasteiger partial charge in [0.1, 0.15) is 12.1 Å². The molecule has 3 amide bonds. The average molecular weight is 706 g/mol. The van der Waals surface area contributed by atoms with E-state index in [0.29, 0.717) is 37.2 Å². The molecule has 268 valence electrons. The highest BCUT2D eigenvalue weighted by Crippen LogP contribution is 2.25. The van der Waals surface area contributed by atoms with Crippen LogP contribution < -0.4 is 10.6 Å². The molecule has 0 radical (unpaired) electrons. The topological polar surface area (TPSA) is 151 Å². The Morgan fingerprint density at radius 2 is 1.80 bits per heavy atom. The average Bonchev–Trinajstić information content (AvgIpc) is 3.48. The maximum absolute atomic E-state index is 13.9. The molecule has 1 aliphatic rings. The van der Waals surface area contributed by atoms with Crippen LogP contribution in [0.4, 0.5) is 5.69 Å². The number of carbonyl (C=O) groups excluding carboxylic acids is 4. The predicted octanol–water partition coefficient (Wildman–Crippen LogP) is 4.68. The molecule has 2 N–H and O–H groups in total. The number of carbonyl (C=O) groups is 4. The number of methoxy groups -OCH3 is 1. The van der Waals surface area contributed by atoms with E-state index in [9.17, 15) is 29.3 Å². The van der Waals surface area contributed by atoms with Gasteiger partial charge in [0.15, 0.2) is 0 Å². The Labute approximate surface area is 297 Å². The van der Waals surface area contributed by atoms with E-state index in [2.05, 4.69) is 10.6 Å². The summed E-state index contributed by atoms with van der Waals surface area (Å²) in [7, 11) is 1.30. The predicted molar refractivity (Wildman–Crippen MR) is 194 cm³/mol. The summed E-state index contributed by atoms with van der Waals surface area (Å²) in [4.78, 5) is 67.0. The number of nitro benzene ring substituents is 1. The summed E-state index contributed by atoms with van der Waals surface area (Å²) >= 11 is 1.58. The summed E-state index contributed by atoms with van der Waals surface area (Å²) in [5.74, 6) is -0.553. The fraction of sp³-hybridized carbons (Fsp3) is 0.459. The number of likely N-dealkylation sites (tertiary alicyclic amines) is 1. The molecular weight excluding hydrogens is 659 g/mol. The first-order valence-electron chi connectivity index (χ1n) is 16.9. The number of hydrogen-bond donors (Lipinski definition) is 2. The molecule has 3 aromatic carbocycles. The molecule has 13 heteroatoms. The van der Waals surface area contributed by atoms with Crippen LogP contribution in [0.25, 0.3) is 10.8 Å². The van der Waals surface area contributed by atoms with Gasteiger partial charge in [-0.1, -0.05) is 74.9 Å². The zero-order valence-corrected chi connectivity index (χ0v) is 29.9. The normalized spacial score (nSPS) is 16.2. The number of nitrogens with zero attached hydrogens (tertiary/aromatic N) is 3. The van der Waals surface area contributed by atoms with E-state index in [4.69, 9.17) is 4.74 Å². The van der Waals surface area contributed by atoms with Crippen LogP contribution in [0.15, 0.2) is 66.7 Å². The van der Waals surface area contributed by atoms with E-state index in [1.165, 1.54) is 24.1 Å². The molecule has 0 saturated carbocycles. The largest absolute Gasteiger partial charge is 0.467 e. The Morgan fingerprint density at radius 1 is 1.08 bits per heavy atom. The van der Waals surface area contributed by atoms with E-state index in [1.807, 2.05) is 67.5 Å². The fourth-order valence-electron chi connectivity index (χ4n) is 6.26. The lowest BCUT2D eigenvalue weighted by Crippen LogP contribution is -2.54. The lowest BCUT2D eigenvalue weighted by Gasteiger charge is -2.33. The number of non-ortho nitro benzene ring substituents is 1. The summed E-state index contributed by atoms with van der Waals surface area (Å²) in [6.45, 7) is 4.98. The van der Waals surface area contributed by atoms with Gasteiger partial charge in [-0.2, -0.15) is 11.8 Å². The van der Waals surface area contributed by atoms with Crippen molar-refractivity contribution in [2.24, 2.45) is 5.92 Å². The van der Waals surface area contributed by atoms with Crippen LogP contribution >= 0.6 is 11.8 Å². The number of nitrogens with one attached hydrogen (secondary N) is 2. The molecule has 0 spiro atoms. The second kappa shape index (κ2) is 18.5. The number of nitro groups is 1. The molecule has 12 nitrogen and oxygen atoms in total. The minimum Gasteiger partial charge on any atom is -0.467 e. The van der Waals surface area contributed by atoms with Gasteiger partial charge >= 0.3 is 5.97 Å². The number of fused-ring (bicyclic) bond motifs is 1. The standard InChI is InChI=1S/C37H47N5O7S/c1-5-25(2)32(39-36(45)33-17-18-35(44)41(33)21-26-13-15-29(16-14-26)42(47)48)23-40(22-28-11-8-10-27-9-6-7-12-30(27)28)24-34(43)38-31(19-20-50-4)37(46)49-3/h6-16,25,31-33H,5,17-24H2,1-4H3,(H,38,43)(H,39,45)/t25-,31-,32+,33-/m0/s1. The Balaban J connectivity index is 1.55. The van der Waals surface area contributed by atoms with Gasteiger partial charge in [0.05, 0.1) is 18.6 Å². The molecule has 1 heterocycles. The van der Waals surface area contributed by atoms with Crippen molar-refractivity contribution in [1.29, 1.82) is 0 Å². The zero-order valence-electron chi connectivity index (χ0n) is 29.1. The molecule has 3 aromatic rings. The van der Waals surface area contributed by atoms with Crippen LogP contribution in [0.5, 0.6) is 0 Å². The van der Waals surface area contributed by atoms with Gasteiger partial charge in [-0.25, -0.2) is 4.79 Å². The van der Waals surface area contributed by atoms with Crippen molar-refractivity contribution in [2.45, 2.75) is 70.7 Å². The third-order valence-corrected chi connectivity index (χ3v) is 9.96. The molecule has 4 rings (SSSR count). The molecule has 1 aliphatic heterocycles. The van der Waals surface area contributed by atoms with E-state index in [0.717, 1.165) is 22.8 Å². The van der Waals surface area contributed by atoms with Gasteiger partial charge in [-0.05, 0) is 52.7 Å². The fourth-order valence-corrected chi connectivity index (χ4v) is 6.73. The third kappa shape index (κ3) is 10.3. The molecule has 50 heavy (non-hydrogen) atoms. The minimum absolute atomic E-state index is 0.0209. The van der Waals surface area contributed by atoms with Crippen LogP contribution in [0, 0.1) is 16.0 Å². The number of hydrogen-bond acceptors (Lipinski definition) is 9. The highest BCUT2D eigenvalue weighted by Gasteiger charge is 2.37. The number of thioether (sulfide) groups is 1. The Hall–Kier alpha value is -4.49. The minimum atomic E-state index is -0.772. The first-order valence-corrected chi connectivity index (χ1v) is 18.3. The maximum atomic E-state index is 13.9. The van der Waals surface area contributed by atoms with Crippen molar-refractivity contribution >= 4 is 51.9 Å². The number of amides is 3. The number of ether oxygens (including phenoxy) is 1. The summed E-state index contributed by atoms with van der Waals surface area (Å²) < 4.78 is 4.95. The molecule has 0 unspecified atom stereocenters. The zero-order chi connectivity index (χ0) is 36.2. The summed E-state index contributed by atoms with van der Waals surface area (Å²) in [6, 6.07) is 18.2. The Kier molecular flexibility index (Phi) is 14.2. The smallest absolute Gasteiger partial charge is 0.328 e. The highest BCUT2D eigenvalue weighted by atomic mass is 32.2. The first-order chi connectivity index (χ1) is 24.0. The number of rotatable bonds is 18. The molecule has 0 aromatic heterocycles. The van der Waals surface area contributed by atoms with Crippen LogP contribution in [0.2, 0.25) is 0 Å². The second-order valence-electron chi connectivity index (χ2n) is 12.7. The van der Waals surface area contributed by atoms with E-state index >= 15 is 0 Å². The van der Waals surface area contributed by atoms with Crippen LogP contribution in [0.1, 0.15) is 50.7 Å². The van der Waals surface area contributed by atoms with Gasteiger partial charge in [0.2, 0.25) is 17.7 Å². The van der Waals surface area contributed by atoms with Crippen LogP contribution in [-0.4, -0.2) is 88.7 Å². The Morgan fingerprint density at radius 3 is 2.48 bits per heavy atom. The second-order valence-corrected chi connectivity index (χ2v) is 13.7. The van der Waals surface area contributed by atoms with Crippen molar-refractivity contribution in [3.05, 3.63) is 88.0 Å². The monoisotopic (exact) mass is 705 g/mol. The van der Waals surface area contributed by atoms with Crippen molar-refractivity contribution in [3.63, 3.8) is 0 Å². The van der Waals surface area contributed by atoms with Gasteiger partial charge in [0.25, 0.3) is 5.69 Å². The van der Waals surface area contributed by atoms with Gasteiger partial charge in [-0.3, -0.25) is 29.4 Å². The third-order valence-electron chi connectivity index (χ3n) is 9.32. The number of esters is 1. The quantitative estimate of drug-likeness (QED) is 0.109. The van der Waals surface area contributed by atoms with Crippen molar-refractivity contribution in [3.8, 4) is 0 Å². The highest BCUT2D eigenvalue weighted by molar-refractivity contribution is 7.98. The summed E-state index contributed by atoms with van der Waals surface area (Å²) in [6.07, 6.45) is 3.71. The first kappa shape index (κ1) is 38.3. The lowest BCUT2D eigenvalue weighted by molar-refractivity contribution is -0.384. The van der Waals surface area contributed by atoms with Gasteiger partial charge in [0, 0.05) is 44.2 Å². The molecule has 1 fully saturated rings. The summed E-state index contributed by atoms with van der Waals surface area (Å²) in [5, 5.41) is 19.3. The summed E-state index contributed by atoms with van der Waals surface area (Å²) in [5.41, 5.74) is 1.67. The van der Waals surface area contributed by atoms with Crippen molar-refractivity contribution in [1.82, 2.24) is 20.4 Å². The molecule has 1 saturated heterocycles. The van der Waals surface area contributed by atoms with Crippen molar-refractivity contribution in [2.75, 3.05) is 32.2 Å². The molecule has 0 aliphatic carbocycles. The van der Waals surface area contributed by atoms with E-state index in [-0.39, 0.29) is 54.9 Å². The molecular formula is C37H47N5O7S. The van der Waals surface area contributed by atoms with Gasteiger partial charge in [-0.15, -0.1) is 0 Å². The van der Waals surface area contributed by atoms with E-state index < -0.39 is 23.0 Å². The SMILES string of the molecule is CC[C@H](C)[C@@H](CN(CC(=O)N[C@@H](CCSC)C(=O)OC)Cc1cccc2ccccc12)NC(=O)[C@@H]1CCC(=O)N1Cc1ccc([N+](=O)[O-])cc1. The number of benzene rings is 3.